The zero-order valence-electron chi connectivity index (χ0n) is 10.4. The van der Waals surface area contributed by atoms with E-state index in [-0.39, 0.29) is 5.31 Å². The molecule has 0 N–H and O–H groups in total. The molecular weight excluding hydrogens is 159 g/mol. The van der Waals surface area contributed by atoms with Gasteiger partial charge in [0, 0.05) is 7.11 Å². The molecule has 0 spiro atoms. The maximum atomic E-state index is 5.51. The Morgan fingerprint density at radius 2 is 1.46 bits per heavy atom. The van der Waals surface area contributed by atoms with Crippen molar-refractivity contribution in [3.63, 3.8) is 0 Å². The Bertz CT molecular complexity index is 141. The van der Waals surface area contributed by atoms with Gasteiger partial charge in [-0.3, -0.25) is 0 Å². The van der Waals surface area contributed by atoms with Crippen LogP contribution in [0.25, 0.3) is 0 Å². The fourth-order valence-corrected chi connectivity index (χ4v) is 1.47. The van der Waals surface area contributed by atoms with E-state index in [1.165, 1.54) is 6.42 Å². The SMILES string of the molecule is COB(CCC(C)(C)C)C(C)(C)C. The molecule has 0 saturated heterocycles. The van der Waals surface area contributed by atoms with Crippen LogP contribution in [0.4, 0.5) is 0 Å². The molecule has 0 aromatic heterocycles. The molecule has 2 heteroatoms. The van der Waals surface area contributed by atoms with Crippen molar-refractivity contribution in [3.8, 4) is 0 Å². The van der Waals surface area contributed by atoms with Crippen LogP contribution in [-0.2, 0) is 4.65 Å². The average Bonchev–Trinajstić information content (AvgIpc) is 1.82. The van der Waals surface area contributed by atoms with E-state index in [0.717, 1.165) is 6.32 Å². The fraction of sp³-hybridized carbons (Fsp3) is 1.00. The summed E-state index contributed by atoms with van der Waals surface area (Å²) < 4.78 is 5.51. The summed E-state index contributed by atoms with van der Waals surface area (Å²) in [6.07, 6.45) is 2.38. The fourth-order valence-electron chi connectivity index (χ4n) is 1.47. The molecule has 0 aromatic carbocycles. The molecule has 0 aliphatic rings. The van der Waals surface area contributed by atoms with Gasteiger partial charge in [0.05, 0.1) is 0 Å². The van der Waals surface area contributed by atoms with E-state index < -0.39 is 0 Å². The molecule has 1 nitrogen and oxygen atoms in total. The van der Waals surface area contributed by atoms with Gasteiger partial charge in [-0.15, -0.1) is 0 Å². The molecule has 0 aliphatic heterocycles. The molecule has 0 heterocycles. The topological polar surface area (TPSA) is 9.23 Å². The third-order valence-electron chi connectivity index (χ3n) is 2.41. The van der Waals surface area contributed by atoms with Gasteiger partial charge in [-0.05, 0) is 17.0 Å². The van der Waals surface area contributed by atoms with Crippen LogP contribution in [0.1, 0.15) is 48.0 Å². The summed E-state index contributed by atoms with van der Waals surface area (Å²) in [5.74, 6) is 0. The number of rotatable bonds is 3. The molecule has 0 unspecified atom stereocenters. The van der Waals surface area contributed by atoms with Crippen LogP contribution in [0.5, 0.6) is 0 Å². The van der Waals surface area contributed by atoms with Crippen molar-refractivity contribution >= 4 is 6.92 Å². The van der Waals surface area contributed by atoms with Crippen LogP contribution in [0.15, 0.2) is 0 Å². The molecule has 0 atom stereocenters. The van der Waals surface area contributed by atoms with E-state index in [0.29, 0.717) is 12.3 Å². The van der Waals surface area contributed by atoms with E-state index in [4.69, 9.17) is 4.65 Å². The minimum atomic E-state index is 0.264. The lowest BCUT2D eigenvalue weighted by Gasteiger charge is -2.28. The quantitative estimate of drug-likeness (QED) is 0.605. The molecule has 0 amide bonds. The van der Waals surface area contributed by atoms with Crippen molar-refractivity contribution in [3.05, 3.63) is 0 Å². The molecule has 0 rings (SSSR count). The molecule has 0 saturated carbocycles. The molecule has 13 heavy (non-hydrogen) atoms. The summed E-state index contributed by atoms with van der Waals surface area (Å²) in [5.41, 5.74) is 0.419. The average molecular weight is 184 g/mol. The monoisotopic (exact) mass is 184 g/mol. The van der Waals surface area contributed by atoms with Gasteiger partial charge in [-0.2, -0.15) is 0 Å². The highest BCUT2D eigenvalue weighted by molar-refractivity contribution is 6.55. The van der Waals surface area contributed by atoms with Gasteiger partial charge in [-0.25, -0.2) is 0 Å². The lowest BCUT2D eigenvalue weighted by molar-refractivity contribution is 0.355. The van der Waals surface area contributed by atoms with E-state index in [1.807, 2.05) is 7.11 Å². The second-order valence-corrected chi connectivity index (χ2v) is 6.19. The van der Waals surface area contributed by atoms with Gasteiger partial charge in [0.1, 0.15) is 0 Å². The highest BCUT2D eigenvalue weighted by Gasteiger charge is 2.30. The van der Waals surface area contributed by atoms with E-state index in [2.05, 4.69) is 41.5 Å². The summed E-state index contributed by atoms with van der Waals surface area (Å²) in [7, 11) is 1.82. The first-order valence-electron chi connectivity index (χ1n) is 5.19. The van der Waals surface area contributed by atoms with Crippen LogP contribution in [-0.4, -0.2) is 14.0 Å². The van der Waals surface area contributed by atoms with Crippen LogP contribution in [0, 0.1) is 5.41 Å². The maximum Gasteiger partial charge on any atom is 0.298 e. The normalized spacial score (nSPS) is 13.2. The standard InChI is InChI=1S/C11H25BO/c1-10(2,3)8-9-12(13-7)11(4,5)6/h8-9H2,1-7H3. The van der Waals surface area contributed by atoms with Crippen molar-refractivity contribution in [1.82, 2.24) is 0 Å². The Balaban J connectivity index is 4.02. The van der Waals surface area contributed by atoms with Gasteiger partial charge in [0.25, 0.3) is 6.92 Å². The Hall–Kier alpha value is 0.0249. The second-order valence-electron chi connectivity index (χ2n) is 6.19. The third-order valence-corrected chi connectivity index (χ3v) is 2.41. The molecule has 0 radical (unpaired) electrons. The van der Waals surface area contributed by atoms with Crippen LogP contribution in [0.3, 0.4) is 0 Å². The van der Waals surface area contributed by atoms with Crippen molar-refractivity contribution in [2.45, 2.75) is 59.6 Å². The highest BCUT2D eigenvalue weighted by atomic mass is 16.4. The van der Waals surface area contributed by atoms with Gasteiger partial charge >= 0.3 is 0 Å². The van der Waals surface area contributed by atoms with Gasteiger partial charge in [0.2, 0.25) is 0 Å². The predicted octanol–water partition coefficient (Wildman–Crippen LogP) is 3.86. The van der Waals surface area contributed by atoms with Crippen LogP contribution in [0.2, 0.25) is 11.6 Å². The first-order chi connectivity index (χ1) is 5.67. The molecular formula is C11H25BO. The van der Waals surface area contributed by atoms with Crippen LogP contribution < -0.4 is 0 Å². The number of hydrogen-bond acceptors (Lipinski definition) is 1. The summed E-state index contributed by atoms with van der Waals surface area (Å²) >= 11 is 0. The van der Waals surface area contributed by atoms with E-state index >= 15 is 0 Å². The van der Waals surface area contributed by atoms with E-state index in [9.17, 15) is 0 Å². The first-order valence-corrected chi connectivity index (χ1v) is 5.19. The zero-order valence-corrected chi connectivity index (χ0v) is 10.4. The zero-order chi connectivity index (χ0) is 10.7. The summed E-state index contributed by atoms with van der Waals surface area (Å²) in [6.45, 7) is 13.9. The van der Waals surface area contributed by atoms with Crippen molar-refractivity contribution < 1.29 is 4.65 Å². The largest absolute Gasteiger partial charge is 0.438 e. The minimum absolute atomic E-state index is 0.264. The Labute approximate surface area is 84.4 Å². The summed E-state index contributed by atoms with van der Waals surface area (Å²) in [5, 5.41) is 0.264. The Morgan fingerprint density at radius 3 is 1.69 bits per heavy atom. The number of hydrogen-bond donors (Lipinski definition) is 0. The van der Waals surface area contributed by atoms with Crippen LogP contribution >= 0.6 is 0 Å². The smallest absolute Gasteiger partial charge is 0.298 e. The Kier molecular flexibility index (Phi) is 4.51. The van der Waals surface area contributed by atoms with Crippen molar-refractivity contribution in [2.24, 2.45) is 5.41 Å². The molecule has 0 fully saturated rings. The van der Waals surface area contributed by atoms with Crippen molar-refractivity contribution in [1.29, 1.82) is 0 Å². The predicted molar refractivity (Wildman–Crippen MR) is 61.4 cm³/mol. The van der Waals surface area contributed by atoms with Gasteiger partial charge in [0.15, 0.2) is 0 Å². The highest BCUT2D eigenvalue weighted by Crippen LogP contribution is 2.33. The van der Waals surface area contributed by atoms with E-state index in [1.54, 1.807) is 0 Å². The minimum Gasteiger partial charge on any atom is -0.438 e. The van der Waals surface area contributed by atoms with Gasteiger partial charge in [-0.1, -0.05) is 48.0 Å². The molecule has 0 bridgehead atoms. The molecule has 0 aromatic rings. The Morgan fingerprint density at radius 1 is 1.00 bits per heavy atom. The lowest BCUT2D eigenvalue weighted by atomic mass is 9.44. The lowest BCUT2D eigenvalue weighted by Crippen LogP contribution is -2.29. The van der Waals surface area contributed by atoms with Gasteiger partial charge < -0.3 is 4.65 Å². The third kappa shape index (κ3) is 6.14. The molecule has 78 valence electrons. The van der Waals surface area contributed by atoms with Crippen molar-refractivity contribution in [2.75, 3.05) is 7.11 Å². The summed E-state index contributed by atoms with van der Waals surface area (Å²) in [4.78, 5) is 0. The molecule has 0 aliphatic carbocycles. The summed E-state index contributed by atoms with van der Waals surface area (Å²) in [6, 6.07) is 0. The second kappa shape index (κ2) is 4.50. The maximum absolute atomic E-state index is 5.51. The first kappa shape index (κ1) is 13.0.